The molecule has 3 amide bonds. The third kappa shape index (κ3) is 4.94. The highest BCUT2D eigenvalue weighted by Gasteiger charge is 2.28. The fourth-order valence-corrected chi connectivity index (χ4v) is 2.57. The van der Waals surface area contributed by atoms with Gasteiger partial charge >= 0.3 is 6.03 Å². The van der Waals surface area contributed by atoms with Crippen molar-refractivity contribution in [3.63, 3.8) is 0 Å². The molecule has 0 aromatic heterocycles. The number of anilines is 1. The minimum atomic E-state index is -0.345. The van der Waals surface area contributed by atoms with Crippen molar-refractivity contribution in [3.05, 3.63) is 30.1 Å². The summed E-state index contributed by atoms with van der Waals surface area (Å²) in [5.74, 6) is -0.502. The molecule has 1 fully saturated rings. The molecule has 0 bridgehead atoms. The maximum Gasteiger partial charge on any atom is 0.321 e. The molecule has 1 heterocycles. The molecule has 2 N–H and O–H groups in total. The average Bonchev–Trinajstić information content (AvgIpc) is 2.56. The molecule has 5 nitrogen and oxygen atoms in total. The van der Waals surface area contributed by atoms with Crippen LogP contribution in [0.3, 0.4) is 0 Å². The van der Waals surface area contributed by atoms with Gasteiger partial charge in [0.2, 0.25) is 5.91 Å². The predicted octanol–water partition coefficient (Wildman–Crippen LogP) is 2.98. The second kappa shape index (κ2) is 7.94. The number of hydrogen-bond donors (Lipinski definition) is 2. The highest BCUT2D eigenvalue weighted by atomic mass is 19.1. The summed E-state index contributed by atoms with van der Waals surface area (Å²) in [4.78, 5) is 26.2. The van der Waals surface area contributed by atoms with Crippen LogP contribution in [0.5, 0.6) is 0 Å². The van der Waals surface area contributed by atoms with E-state index < -0.39 is 0 Å². The summed E-state index contributed by atoms with van der Waals surface area (Å²) < 4.78 is 12.9. The molecular formula is C17H24FN3O2. The van der Waals surface area contributed by atoms with Crippen LogP contribution in [0.4, 0.5) is 14.9 Å². The summed E-state index contributed by atoms with van der Waals surface area (Å²) in [6.45, 7) is 5.03. The lowest BCUT2D eigenvalue weighted by Crippen LogP contribution is -2.48. The zero-order valence-corrected chi connectivity index (χ0v) is 13.6. The number of carbonyl (C=O) groups excluding carboxylic acids is 2. The third-order valence-electron chi connectivity index (χ3n) is 4.18. The van der Waals surface area contributed by atoms with E-state index in [4.69, 9.17) is 0 Å². The smallest absolute Gasteiger partial charge is 0.321 e. The number of piperidine rings is 1. The van der Waals surface area contributed by atoms with Gasteiger partial charge in [0.1, 0.15) is 5.82 Å². The number of hydrogen-bond acceptors (Lipinski definition) is 2. The van der Waals surface area contributed by atoms with Crippen LogP contribution in [0.1, 0.15) is 33.1 Å². The molecule has 0 radical (unpaired) electrons. The lowest BCUT2D eigenvalue weighted by atomic mass is 9.97. The number of nitrogens with zero attached hydrogens (tertiary/aromatic N) is 1. The van der Waals surface area contributed by atoms with Gasteiger partial charge in [-0.3, -0.25) is 4.79 Å². The van der Waals surface area contributed by atoms with Crippen molar-refractivity contribution < 1.29 is 14.0 Å². The Morgan fingerprint density at radius 1 is 1.35 bits per heavy atom. The average molecular weight is 321 g/mol. The van der Waals surface area contributed by atoms with Crippen LogP contribution in [0.2, 0.25) is 0 Å². The van der Waals surface area contributed by atoms with E-state index in [9.17, 15) is 14.0 Å². The van der Waals surface area contributed by atoms with Crippen LogP contribution in [-0.4, -0.2) is 36.0 Å². The number of urea groups is 1. The fourth-order valence-electron chi connectivity index (χ4n) is 2.57. The molecule has 1 aromatic carbocycles. The number of halogens is 1. The van der Waals surface area contributed by atoms with Crippen LogP contribution in [0.25, 0.3) is 0 Å². The fraction of sp³-hybridized carbons (Fsp3) is 0.529. The van der Waals surface area contributed by atoms with Gasteiger partial charge in [-0.25, -0.2) is 9.18 Å². The van der Waals surface area contributed by atoms with E-state index in [-0.39, 0.29) is 29.7 Å². The molecule has 1 aromatic rings. The molecule has 1 saturated heterocycles. The standard InChI is InChI=1S/C17H24FN3O2/c1-3-12(2)19-16(22)13-5-4-10-21(11-13)17(23)20-15-8-6-14(18)7-9-15/h6-9,12-13H,3-5,10-11H2,1-2H3,(H,19,22)(H,20,23)/t12-,13-/m1/s1. The molecule has 0 unspecified atom stereocenters. The maximum absolute atomic E-state index is 12.9. The summed E-state index contributed by atoms with van der Waals surface area (Å²) in [7, 11) is 0. The zero-order valence-electron chi connectivity index (χ0n) is 13.6. The van der Waals surface area contributed by atoms with Gasteiger partial charge in [-0.15, -0.1) is 0 Å². The van der Waals surface area contributed by atoms with Gasteiger partial charge in [0.05, 0.1) is 5.92 Å². The Labute approximate surface area is 136 Å². The topological polar surface area (TPSA) is 61.4 Å². The van der Waals surface area contributed by atoms with Crippen LogP contribution >= 0.6 is 0 Å². The van der Waals surface area contributed by atoms with Crippen molar-refractivity contribution in [3.8, 4) is 0 Å². The van der Waals surface area contributed by atoms with Crippen molar-refractivity contribution in [2.75, 3.05) is 18.4 Å². The van der Waals surface area contributed by atoms with Crippen molar-refractivity contribution >= 4 is 17.6 Å². The van der Waals surface area contributed by atoms with E-state index in [0.717, 1.165) is 19.3 Å². The van der Waals surface area contributed by atoms with Gasteiger partial charge in [-0.1, -0.05) is 6.92 Å². The minimum absolute atomic E-state index is 0.0126. The maximum atomic E-state index is 12.9. The minimum Gasteiger partial charge on any atom is -0.353 e. The molecule has 126 valence electrons. The molecule has 1 aliphatic heterocycles. The lowest BCUT2D eigenvalue weighted by molar-refractivity contribution is -0.126. The lowest BCUT2D eigenvalue weighted by Gasteiger charge is -2.32. The first-order chi connectivity index (χ1) is 11.0. The summed E-state index contributed by atoms with van der Waals surface area (Å²) in [5.41, 5.74) is 0.544. The number of carbonyl (C=O) groups is 2. The van der Waals surface area contributed by atoms with Crippen molar-refractivity contribution in [2.24, 2.45) is 5.92 Å². The second-order valence-corrected chi connectivity index (χ2v) is 6.04. The largest absolute Gasteiger partial charge is 0.353 e. The van der Waals surface area contributed by atoms with Gasteiger partial charge in [0.15, 0.2) is 0 Å². The summed E-state index contributed by atoms with van der Waals surface area (Å²) in [6, 6.07) is 5.53. The van der Waals surface area contributed by atoms with Crippen molar-refractivity contribution in [1.29, 1.82) is 0 Å². The van der Waals surface area contributed by atoms with E-state index >= 15 is 0 Å². The molecule has 23 heavy (non-hydrogen) atoms. The van der Waals surface area contributed by atoms with Crippen LogP contribution < -0.4 is 10.6 Å². The highest BCUT2D eigenvalue weighted by molar-refractivity contribution is 5.90. The van der Waals surface area contributed by atoms with E-state index in [0.29, 0.717) is 18.8 Å². The van der Waals surface area contributed by atoms with E-state index in [1.165, 1.54) is 24.3 Å². The van der Waals surface area contributed by atoms with Crippen LogP contribution in [0.15, 0.2) is 24.3 Å². The first-order valence-electron chi connectivity index (χ1n) is 8.11. The molecular weight excluding hydrogens is 297 g/mol. The van der Waals surface area contributed by atoms with E-state index in [1.54, 1.807) is 4.90 Å². The number of likely N-dealkylation sites (tertiary alicyclic amines) is 1. The van der Waals surface area contributed by atoms with E-state index in [1.807, 2.05) is 13.8 Å². The molecule has 0 spiro atoms. The quantitative estimate of drug-likeness (QED) is 0.895. The predicted molar refractivity (Wildman–Crippen MR) is 87.6 cm³/mol. The van der Waals surface area contributed by atoms with Gasteiger partial charge in [-0.2, -0.15) is 0 Å². The van der Waals surface area contributed by atoms with Gasteiger partial charge in [0, 0.05) is 24.8 Å². The Bertz CT molecular complexity index is 547. The zero-order chi connectivity index (χ0) is 16.8. The third-order valence-corrected chi connectivity index (χ3v) is 4.18. The highest BCUT2D eigenvalue weighted by Crippen LogP contribution is 2.18. The SMILES string of the molecule is CC[C@@H](C)NC(=O)[C@@H]1CCCN(C(=O)Nc2ccc(F)cc2)C1. The normalized spacial score (nSPS) is 19.1. The van der Waals surface area contributed by atoms with Crippen LogP contribution in [0, 0.1) is 11.7 Å². The van der Waals surface area contributed by atoms with Gasteiger partial charge in [-0.05, 0) is 50.5 Å². The van der Waals surface area contributed by atoms with Crippen molar-refractivity contribution in [1.82, 2.24) is 10.2 Å². The number of amides is 3. The first kappa shape index (κ1) is 17.2. The van der Waals surface area contributed by atoms with Gasteiger partial charge < -0.3 is 15.5 Å². The molecule has 6 heteroatoms. The Balaban J connectivity index is 1.90. The van der Waals surface area contributed by atoms with E-state index in [2.05, 4.69) is 10.6 Å². The van der Waals surface area contributed by atoms with Gasteiger partial charge in [0.25, 0.3) is 0 Å². The molecule has 1 aliphatic rings. The Morgan fingerprint density at radius 2 is 2.04 bits per heavy atom. The number of benzene rings is 1. The Morgan fingerprint density at radius 3 is 2.70 bits per heavy atom. The number of nitrogens with one attached hydrogen (secondary N) is 2. The number of rotatable bonds is 4. The Hall–Kier alpha value is -2.11. The Kier molecular flexibility index (Phi) is 5.96. The molecule has 0 saturated carbocycles. The molecule has 2 rings (SSSR count). The first-order valence-corrected chi connectivity index (χ1v) is 8.11. The summed E-state index contributed by atoms with van der Waals surface area (Å²) in [5, 5.41) is 5.71. The molecule has 0 aliphatic carbocycles. The van der Waals surface area contributed by atoms with Crippen molar-refractivity contribution in [2.45, 2.75) is 39.2 Å². The summed E-state index contributed by atoms with van der Waals surface area (Å²) in [6.07, 6.45) is 2.48. The second-order valence-electron chi connectivity index (χ2n) is 6.04. The summed E-state index contributed by atoms with van der Waals surface area (Å²) >= 11 is 0. The van der Waals surface area contributed by atoms with Crippen LogP contribution in [-0.2, 0) is 4.79 Å². The monoisotopic (exact) mass is 321 g/mol. The molecule has 2 atom stereocenters.